The quantitative estimate of drug-likeness (QED) is 0.634. The Kier molecular flexibility index (Phi) is 3.14. The van der Waals surface area contributed by atoms with Gasteiger partial charge in [-0.3, -0.25) is 5.01 Å². The van der Waals surface area contributed by atoms with Gasteiger partial charge in [0.15, 0.2) is 0 Å². The van der Waals surface area contributed by atoms with E-state index in [0.29, 0.717) is 5.71 Å². The smallest absolute Gasteiger partial charge is 0.306 e. The average Bonchev–Trinajstić information content (AvgIpc) is 3.09. The molecule has 0 saturated carbocycles. The van der Waals surface area contributed by atoms with Crippen molar-refractivity contribution < 1.29 is 4.42 Å². The summed E-state index contributed by atoms with van der Waals surface area (Å²) in [6, 6.07) is 12.7. The molecular weight excluding hydrogens is 323 g/mol. The van der Waals surface area contributed by atoms with Crippen LogP contribution in [0.15, 0.2) is 40.8 Å². The van der Waals surface area contributed by atoms with Crippen LogP contribution in [0.2, 0.25) is 6.82 Å². The molecule has 0 aliphatic carbocycles. The van der Waals surface area contributed by atoms with Gasteiger partial charge < -0.3 is 14.2 Å². The number of rotatable bonds is 1. The summed E-state index contributed by atoms with van der Waals surface area (Å²) >= 11 is 0. The summed E-state index contributed by atoms with van der Waals surface area (Å²) in [7, 11) is 2.15. The largest absolute Gasteiger partial charge is 0.439 e. The number of aryl methyl sites for hydroxylation is 1. The van der Waals surface area contributed by atoms with Gasteiger partial charge in [-0.1, -0.05) is 19.0 Å². The van der Waals surface area contributed by atoms with Crippen molar-refractivity contribution in [1.29, 1.82) is 0 Å². The molecule has 0 radical (unpaired) electrons. The molecule has 5 nitrogen and oxygen atoms in total. The lowest BCUT2D eigenvalue weighted by Crippen LogP contribution is -2.55. The van der Waals surface area contributed by atoms with E-state index in [1.165, 1.54) is 11.4 Å². The molecule has 2 aliphatic rings. The van der Waals surface area contributed by atoms with Crippen LogP contribution in [-0.4, -0.2) is 30.0 Å². The molecule has 1 atom stereocenters. The number of hydrogen-bond acceptors (Lipinski definition) is 5. The average molecular weight is 344 g/mol. The van der Waals surface area contributed by atoms with Gasteiger partial charge >= 0.3 is 6.85 Å². The van der Waals surface area contributed by atoms with Crippen molar-refractivity contribution in [2.24, 2.45) is 0 Å². The first-order chi connectivity index (χ1) is 12.5. The lowest BCUT2D eigenvalue weighted by Gasteiger charge is -2.40. The summed E-state index contributed by atoms with van der Waals surface area (Å²) in [5.74, 6) is 2.18. The molecule has 5 rings (SSSR count). The van der Waals surface area contributed by atoms with Crippen LogP contribution in [0, 0.1) is 6.92 Å². The number of para-hydroxylation sites is 2. The lowest BCUT2D eigenvalue weighted by atomic mass is 9.63. The van der Waals surface area contributed by atoms with Gasteiger partial charge in [0.05, 0.1) is 11.4 Å². The molecule has 0 bridgehead atoms. The van der Waals surface area contributed by atoms with Crippen molar-refractivity contribution in [3.63, 3.8) is 0 Å². The monoisotopic (exact) mass is 344 g/mol. The number of hydrazine groups is 1. The molecule has 0 fully saturated rings. The summed E-state index contributed by atoms with van der Waals surface area (Å²) in [6.45, 7) is 6.60. The normalized spacial score (nSPS) is 18.7. The molecule has 0 unspecified atom stereocenters. The maximum atomic E-state index is 6.02. The van der Waals surface area contributed by atoms with Crippen molar-refractivity contribution >= 4 is 41.5 Å². The minimum Gasteiger partial charge on any atom is -0.439 e. The van der Waals surface area contributed by atoms with Crippen molar-refractivity contribution in [3.05, 3.63) is 52.7 Å². The number of nitrogens with zero attached hydrogens (tertiary/aromatic N) is 4. The molecule has 1 aromatic carbocycles. The Morgan fingerprint density at radius 3 is 2.69 bits per heavy atom. The highest BCUT2D eigenvalue weighted by Crippen LogP contribution is 2.39. The van der Waals surface area contributed by atoms with Gasteiger partial charge in [-0.2, -0.15) is 0 Å². The van der Waals surface area contributed by atoms with E-state index in [1.807, 2.05) is 13.0 Å². The van der Waals surface area contributed by atoms with Gasteiger partial charge in [-0.05, 0) is 44.1 Å². The lowest BCUT2D eigenvalue weighted by molar-refractivity contribution is 0.489. The fourth-order valence-corrected chi connectivity index (χ4v) is 4.01. The number of benzene rings is 1. The number of anilines is 2. The molecule has 6 heteroatoms. The number of hydrogen-bond donors (Lipinski definition) is 0. The fraction of sp³-hybridized carbons (Fsp3) is 0.250. The zero-order valence-corrected chi connectivity index (χ0v) is 15.5. The first-order valence-electron chi connectivity index (χ1n) is 9.04. The molecule has 0 N–H and O–H groups in total. The molecule has 2 aliphatic heterocycles. The van der Waals surface area contributed by atoms with Crippen LogP contribution in [0.3, 0.4) is 0 Å². The topological polar surface area (TPSA) is 35.8 Å². The number of fused-ring (bicyclic) bond motifs is 4. The maximum Gasteiger partial charge on any atom is 0.306 e. The van der Waals surface area contributed by atoms with E-state index in [-0.39, 0.29) is 13.0 Å². The number of aromatic nitrogens is 1. The predicted octanol–water partition coefficient (Wildman–Crippen LogP) is 2.35. The Labute approximate surface area is 152 Å². The van der Waals surface area contributed by atoms with E-state index in [1.54, 1.807) is 0 Å². The maximum absolute atomic E-state index is 6.02. The van der Waals surface area contributed by atoms with Gasteiger partial charge in [0.1, 0.15) is 11.6 Å². The Hall–Kier alpha value is -2.89. The summed E-state index contributed by atoms with van der Waals surface area (Å²) < 4.78 is 6.02. The van der Waals surface area contributed by atoms with Gasteiger partial charge in [0, 0.05) is 29.5 Å². The second kappa shape index (κ2) is 5.30. The van der Waals surface area contributed by atoms with Crippen LogP contribution in [0.25, 0.3) is 23.3 Å². The minimum atomic E-state index is 0.186. The van der Waals surface area contributed by atoms with Crippen molar-refractivity contribution in [1.82, 2.24) is 9.90 Å². The van der Waals surface area contributed by atoms with Crippen LogP contribution >= 0.6 is 0 Å². The minimum absolute atomic E-state index is 0.186. The highest BCUT2D eigenvalue weighted by molar-refractivity contribution is 6.70. The fourth-order valence-electron chi connectivity index (χ4n) is 4.01. The van der Waals surface area contributed by atoms with Crippen LogP contribution in [0.1, 0.15) is 12.6 Å². The van der Waals surface area contributed by atoms with E-state index in [9.17, 15) is 0 Å². The van der Waals surface area contributed by atoms with E-state index in [0.717, 1.165) is 21.7 Å². The zero-order valence-electron chi connectivity index (χ0n) is 15.5. The highest BCUT2D eigenvalue weighted by atomic mass is 16.3. The van der Waals surface area contributed by atoms with E-state index in [4.69, 9.17) is 4.42 Å². The van der Waals surface area contributed by atoms with Gasteiger partial charge in [-0.25, -0.2) is 4.98 Å². The summed E-state index contributed by atoms with van der Waals surface area (Å²) in [5, 5.41) is 4.52. The van der Waals surface area contributed by atoms with E-state index in [2.05, 4.69) is 83.1 Å². The molecular formula is C20H21BN4O. The summed E-state index contributed by atoms with van der Waals surface area (Å²) in [6.07, 6.45) is 2.44. The standard InChI is InChI=1S/C20H21BN4O/c1-13-9-10-15-16-12-24(21(3)11-19(16)26-20(15)22-13)25-14(2)23(4)17-7-5-6-8-18(17)25/h5-12,14H,1-4H3/t14-/m0/s1. The molecule has 130 valence electrons. The van der Waals surface area contributed by atoms with Gasteiger partial charge in [-0.15, -0.1) is 0 Å². The third-order valence-corrected chi connectivity index (χ3v) is 5.50. The first-order valence-corrected chi connectivity index (χ1v) is 9.04. The SMILES string of the molecule is CB1C=c2oc3nc(C)ccc3c2=CN1N1c2ccccc2N(C)[C@@H]1C. The van der Waals surface area contributed by atoms with Crippen LogP contribution in [0.5, 0.6) is 0 Å². The highest BCUT2D eigenvalue weighted by Gasteiger charge is 2.36. The Morgan fingerprint density at radius 1 is 1.12 bits per heavy atom. The molecule has 0 spiro atoms. The second-order valence-electron chi connectivity index (χ2n) is 7.18. The number of furan rings is 1. The number of pyridine rings is 1. The molecule has 26 heavy (non-hydrogen) atoms. The molecule has 0 saturated heterocycles. The second-order valence-corrected chi connectivity index (χ2v) is 7.18. The first kappa shape index (κ1) is 15.4. The zero-order chi connectivity index (χ0) is 18.0. The van der Waals surface area contributed by atoms with Crippen LogP contribution in [-0.2, 0) is 0 Å². The Balaban J connectivity index is 1.70. The van der Waals surface area contributed by atoms with E-state index >= 15 is 0 Å². The van der Waals surface area contributed by atoms with E-state index < -0.39 is 0 Å². The van der Waals surface area contributed by atoms with Crippen molar-refractivity contribution in [2.75, 3.05) is 17.0 Å². The third kappa shape index (κ3) is 2.01. The van der Waals surface area contributed by atoms with Crippen molar-refractivity contribution in [2.45, 2.75) is 26.8 Å². The van der Waals surface area contributed by atoms with Crippen molar-refractivity contribution in [3.8, 4) is 0 Å². The van der Waals surface area contributed by atoms with Gasteiger partial charge in [0.25, 0.3) is 0 Å². The molecule has 4 heterocycles. The van der Waals surface area contributed by atoms with Crippen LogP contribution < -0.4 is 20.5 Å². The Bertz CT molecular complexity index is 1140. The summed E-state index contributed by atoms with van der Waals surface area (Å²) in [4.78, 5) is 9.16. The van der Waals surface area contributed by atoms with Crippen LogP contribution in [0.4, 0.5) is 11.4 Å². The molecule has 3 aromatic rings. The van der Waals surface area contributed by atoms with Gasteiger partial charge in [0.2, 0.25) is 5.71 Å². The molecule has 0 amide bonds. The third-order valence-electron chi connectivity index (χ3n) is 5.50. The summed E-state index contributed by atoms with van der Waals surface area (Å²) in [5.41, 5.74) is 5.07. The predicted molar refractivity (Wildman–Crippen MR) is 107 cm³/mol. The molecule has 2 aromatic heterocycles. The Morgan fingerprint density at radius 2 is 1.88 bits per heavy atom.